The van der Waals surface area contributed by atoms with Gasteiger partial charge in [0, 0.05) is 35.8 Å². The molecule has 30 heavy (non-hydrogen) atoms. The molecule has 2 aromatic rings. The van der Waals surface area contributed by atoms with Crippen molar-refractivity contribution in [2.24, 2.45) is 0 Å². The summed E-state index contributed by atoms with van der Waals surface area (Å²) in [6.45, 7) is 3.10. The summed E-state index contributed by atoms with van der Waals surface area (Å²) in [7, 11) is 1.67. The fourth-order valence-corrected chi connectivity index (χ4v) is 4.35. The number of nitrogens with zero attached hydrogens (tertiary/aromatic N) is 1. The number of hydrogen-bond donors (Lipinski definition) is 0. The van der Waals surface area contributed by atoms with Crippen LogP contribution in [-0.2, 0) is 22.6 Å². The Morgan fingerprint density at radius 1 is 1.23 bits per heavy atom. The van der Waals surface area contributed by atoms with Crippen molar-refractivity contribution in [3.63, 3.8) is 0 Å². The van der Waals surface area contributed by atoms with Crippen LogP contribution in [0, 0.1) is 0 Å². The molecule has 3 aliphatic heterocycles. The number of rotatable bonds is 4. The maximum Gasteiger partial charge on any atom is 0.231 e. The standard InChI is InChI=1S/C22H20BrNO6/c1-26-5-4-24-9-17-18(28-11-24)3-2-16-20(25)19(30-22(16)17)8-13-6-15(23)7-14-10-27-12-29-21(13)14/h2-3,6-8H,4-5,9-12H2,1H3/b19-8-. The molecule has 0 bridgehead atoms. The molecule has 0 unspecified atom stereocenters. The zero-order chi connectivity index (χ0) is 20.7. The Morgan fingerprint density at radius 3 is 3.00 bits per heavy atom. The molecule has 0 saturated carbocycles. The smallest absolute Gasteiger partial charge is 0.231 e. The Kier molecular flexibility index (Phi) is 5.24. The van der Waals surface area contributed by atoms with Crippen LogP contribution in [0.5, 0.6) is 17.2 Å². The van der Waals surface area contributed by atoms with Crippen LogP contribution < -0.4 is 14.2 Å². The van der Waals surface area contributed by atoms with E-state index in [0.29, 0.717) is 43.6 Å². The molecule has 7 nitrogen and oxygen atoms in total. The van der Waals surface area contributed by atoms with Crippen molar-refractivity contribution in [1.82, 2.24) is 4.90 Å². The zero-order valence-corrected chi connectivity index (χ0v) is 18.0. The van der Waals surface area contributed by atoms with Gasteiger partial charge in [-0.05, 0) is 30.3 Å². The fraction of sp³-hybridized carbons (Fsp3) is 0.318. The molecule has 0 N–H and O–H groups in total. The predicted octanol–water partition coefficient (Wildman–Crippen LogP) is 3.73. The number of methoxy groups -OCH3 is 1. The second-order valence-corrected chi connectivity index (χ2v) is 8.19. The minimum atomic E-state index is -0.150. The van der Waals surface area contributed by atoms with Crippen LogP contribution in [0.25, 0.3) is 6.08 Å². The number of Topliss-reactive ketones (excluding diaryl/α,β-unsaturated/α-hetero) is 1. The fourth-order valence-electron chi connectivity index (χ4n) is 3.83. The lowest BCUT2D eigenvalue weighted by Gasteiger charge is -2.29. The second-order valence-electron chi connectivity index (χ2n) is 7.27. The molecule has 0 fully saturated rings. The van der Waals surface area contributed by atoms with Gasteiger partial charge in [-0.25, -0.2) is 0 Å². The van der Waals surface area contributed by atoms with Crippen molar-refractivity contribution in [2.75, 3.05) is 33.8 Å². The Hall–Kier alpha value is -2.39. The van der Waals surface area contributed by atoms with Crippen molar-refractivity contribution in [2.45, 2.75) is 13.2 Å². The van der Waals surface area contributed by atoms with Crippen LogP contribution in [0.2, 0.25) is 0 Å². The largest absolute Gasteiger partial charge is 0.478 e. The number of halogens is 1. The number of carbonyl (C=O) groups is 1. The quantitative estimate of drug-likeness (QED) is 0.626. The van der Waals surface area contributed by atoms with Gasteiger partial charge in [0.1, 0.15) is 24.0 Å². The van der Waals surface area contributed by atoms with E-state index in [1.807, 2.05) is 18.2 Å². The monoisotopic (exact) mass is 473 g/mol. The SMILES string of the molecule is COCCN1COc2ccc3c(c2C1)O/C(=C\c1cc(Br)cc2c1OCOC2)C3=O. The summed E-state index contributed by atoms with van der Waals surface area (Å²) in [5, 5.41) is 0. The highest BCUT2D eigenvalue weighted by Crippen LogP contribution is 2.43. The van der Waals surface area contributed by atoms with E-state index >= 15 is 0 Å². The minimum absolute atomic E-state index is 0.150. The molecule has 3 heterocycles. The van der Waals surface area contributed by atoms with Crippen molar-refractivity contribution in [1.29, 1.82) is 0 Å². The Balaban J connectivity index is 1.49. The van der Waals surface area contributed by atoms with Crippen LogP contribution in [-0.4, -0.2) is 44.5 Å². The first-order chi connectivity index (χ1) is 14.6. The molecule has 0 aliphatic carbocycles. The zero-order valence-electron chi connectivity index (χ0n) is 16.4. The molecular weight excluding hydrogens is 454 g/mol. The van der Waals surface area contributed by atoms with Gasteiger partial charge < -0.3 is 23.7 Å². The van der Waals surface area contributed by atoms with Gasteiger partial charge in [0.05, 0.1) is 24.3 Å². The summed E-state index contributed by atoms with van der Waals surface area (Å²) in [5.74, 6) is 2.14. The average Bonchev–Trinajstić information content (AvgIpc) is 3.08. The van der Waals surface area contributed by atoms with E-state index in [2.05, 4.69) is 20.8 Å². The summed E-state index contributed by atoms with van der Waals surface area (Å²) >= 11 is 3.51. The molecule has 8 heteroatoms. The van der Waals surface area contributed by atoms with E-state index in [9.17, 15) is 4.79 Å². The van der Waals surface area contributed by atoms with Crippen molar-refractivity contribution < 1.29 is 28.5 Å². The lowest BCUT2D eigenvalue weighted by Crippen LogP contribution is -2.34. The highest BCUT2D eigenvalue weighted by Gasteiger charge is 2.34. The third-order valence-electron chi connectivity index (χ3n) is 5.28. The molecule has 3 aliphatic rings. The van der Waals surface area contributed by atoms with Gasteiger partial charge in [-0.2, -0.15) is 0 Å². The first kappa shape index (κ1) is 19.6. The molecule has 0 amide bonds. The second kappa shape index (κ2) is 8.03. The third kappa shape index (κ3) is 3.50. The highest BCUT2D eigenvalue weighted by molar-refractivity contribution is 9.10. The number of carbonyl (C=O) groups excluding carboxylic acids is 1. The van der Waals surface area contributed by atoms with Gasteiger partial charge in [0.2, 0.25) is 5.78 Å². The molecule has 156 valence electrons. The molecule has 0 spiro atoms. The number of ether oxygens (including phenoxy) is 5. The van der Waals surface area contributed by atoms with Crippen LogP contribution in [0.1, 0.15) is 27.0 Å². The van der Waals surface area contributed by atoms with Gasteiger partial charge in [-0.1, -0.05) is 15.9 Å². The molecule has 0 aromatic heterocycles. The Bertz CT molecular complexity index is 1050. The Morgan fingerprint density at radius 2 is 2.13 bits per heavy atom. The van der Waals surface area contributed by atoms with E-state index in [4.69, 9.17) is 23.7 Å². The first-order valence-electron chi connectivity index (χ1n) is 9.61. The summed E-state index contributed by atoms with van der Waals surface area (Å²) < 4.78 is 29.0. The maximum absolute atomic E-state index is 13.0. The third-order valence-corrected chi connectivity index (χ3v) is 5.74. The van der Waals surface area contributed by atoms with E-state index < -0.39 is 0 Å². The van der Waals surface area contributed by atoms with E-state index in [-0.39, 0.29) is 18.3 Å². The minimum Gasteiger partial charge on any atom is -0.478 e. The van der Waals surface area contributed by atoms with Gasteiger partial charge in [0.15, 0.2) is 12.6 Å². The van der Waals surface area contributed by atoms with Crippen LogP contribution in [0.15, 0.2) is 34.5 Å². The number of hydrogen-bond acceptors (Lipinski definition) is 7. The highest BCUT2D eigenvalue weighted by atomic mass is 79.9. The van der Waals surface area contributed by atoms with Gasteiger partial charge in [0.25, 0.3) is 0 Å². The van der Waals surface area contributed by atoms with E-state index in [1.165, 1.54) is 0 Å². The molecule has 5 rings (SSSR count). The summed E-state index contributed by atoms with van der Waals surface area (Å²) in [4.78, 5) is 15.2. The molecule has 0 saturated heterocycles. The van der Waals surface area contributed by atoms with E-state index in [1.54, 1.807) is 19.3 Å². The lowest BCUT2D eigenvalue weighted by molar-refractivity contribution is -0.0165. The summed E-state index contributed by atoms with van der Waals surface area (Å²) in [5.41, 5.74) is 3.12. The number of benzene rings is 2. The average molecular weight is 474 g/mol. The van der Waals surface area contributed by atoms with Gasteiger partial charge in [-0.3, -0.25) is 9.69 Å². The van der Waals surface area contributed by atoms with Crippen LogP contribution in [0.3, 0.4) is 0 Å². The number of ketones is 1. The van der Waals surface area contributed by atoms with Crippen molar-refractivity contribution in [3.8, 4) is 17.2 Å². The summed E-state index contributed by atoms with van der Waals surface area (Å²) in [6, 6.07) is 7.46. The number of fused-ring (bicyclic) bond motifs is 4. The topological polar surface area (TPSA) is 66.5 Å². The molecule has 2 aromatic carbocycles. The number of allylic oxidation sites excluding steroid dienone is 1. The van der Waals surface area contributed by atoms with Crippen molar-refractivity contribution in [3.05, 3.63) is 56.8 Å². The molecule has 0 radical (unpaired) electrons. The molecular formula is C22H20BrNO6. The molecule has 0 atom stereocenters. The Labute approximate surface area is 182 Å². The van der Waals surface area contributed by atoms with Gasteiger partial charge >= 0.3 is 0 Å². The lowest BCUT2D eigenvalue weighted by atomic mass is 10.0. The van der Waals surface area contributed by atoms with Crippen LogP contribution in [0.4, 0.5) is 0 Å². The summed E-state index contributed by atoms with van der Waals surface area (Å²) in [6.07, 6.45) is 1.73. The first-order valence-corrected chi connectivity index (χ1v) is 10.4. The van der Waals surface area contributed by atoms with E-state index in [0.717, 1.165) is 33.5 Å². The maximum atomic E-state index is 13.0. The van der Waals surface area contributed by atoms with Crippen LogP contribution >= 0.6 is 15.9 Å². The predicted molar refractivity (Wildman–Crippen MR) is 112 cm³/mol. The normalized spacial score (nSPS) is 18.9. The van der Waals surface area contributed by atoms with Gasteiger partial charge in [-0.15, -0.1) is 0 Å². The van der Waals surface area contributed by atoms with Crippen molar-refractivity contribution >= 4 is 27.8 Å².